The summed E-state index contributed by atoms with van der Waals surface area (Å²) in [6.45, 7) is 6.78. The van der Waals surface area contributed by atoms with E-state index < -0.39 is 11.7 Å². The maximum atomic E-state index is 11.8. The lowest BCUT2D eigenvalue weighted by Gasteiger charge is -2.29. The Morgan fingerprint density at radius 2 is 1.57 bits per heavy atom. The molecule has 1 fully saturated rings. The Morgan fingerprint density at radius 3 is 2.05 bits per heavy atom. The summed E-state index contributed by atoms with van der Waals surface area (Å²) in [6, 6.07) is 0.0321. The highest BCUT2D eigenvalue weighted by atomic mass is 16.6. The van der Waals surface area contributed by atoms with Gasteiger partial charge >= 0.3 is 6.09 Å². The summed E-state index contributed by atoms with van der Waals surface area (Å²) in [7, 11) is 0. The molecule has 0 aromatic carbocycles. The lowest BCUT2D eigenvalue weighted by atomic mass is 9.85. The number of alkyl carbamates (subject to hydrolysis) is 1. The van der Waals surface area contributed by atoms with Crippen LogP contribution in [0.5, 0.6) is 0 Å². The molecule has 0 spiro atoms. The van der Waals surface area contributed by atoms with Crippen molar-refractivity contribution in [1.82, 2.24) is 16.2 Å². The van der Waals surface area contributed by atoms with Crippen LogP contribution in [0, 0.1) is 5.92 Å². The largest absolute Gasteiger partial charge is 0.444 e. The van der Waals surface area contributed by atoms with E-state index in [2.05, 4.69) is 16.2 Å². The first-order chi connectivity index (χ1) is 9.67. The molecule has 0 unspecified atom stereocenters. The van der Waals surface area contributed by atoms with E-state index in [1.807, 2.05) is 20.8 Å². The van der Waals surface area contributed by atoms with Gasteiger partial charge in [-0.15, -0.1) is 0 Å². The van der Waals surface area contributed by atoms with Gasteiger partial charge in [-0.05, 0) is 46.5 Å². The van der Waals surface area contributed by atoms with Crippen LogP contribution in [0.25, 0.3) is 0 Å². The summed E-state index contributed by atoms with van der Waals surface area (Å²) in [5.74, 6) is -0.613. The molecule has 21 heavy (non-hydrogen) atoms. The topological polar surface area (TPSA) is 96.5 Å². The molecule has 0 heterocycles. The molecule has 3 amide bonds. The SMILES string of the molecule is CC(=O)NNC(=O)C1CCC(NC(=O)OC(C)(C)C)CC1. The zero-order valence-electron chi connectivity index (χ0n) is 13.1. The van der Waals surface area contributed by atoms with Crippen LogP contribution in [0.2, 0.25) is 0 Å². The van der Waals surface area contributed by atoms with Crippen LogP contribution in [0.15, 0.2) is 0 Å². The number of hydrogen-bond donors (Lipinski definition) is 3. The smallest absolute Gasteiger partial charge is 0.407 e. The maximum Gasteiger partial charge on any atom is 0.407 e. The van der Waals surface area contributed by atoms with Gasteiger partial charge < -0.3 is 10.1 Å². The molecule has 0 atom stereocenters. The Bertz CT molecular complexity index is 396. The van der Waals surface area contributed by atoms with E-state index >= 15 is 0 Å². The summed E-state index contributed by atoms with van der Waals surface area (Å²) in [5.41, 5.74) is 4.16. The summed E-state index contributed by atoms with van der Waals surface area (Å²) in [6.07, 6.45) is 2.36. The van der Waals surface area contributed by atoms with Gasteiger partial charge in [-0.1, -0.05) is 0 Å². The first-order valence-electron chi connectivity index (χ1n) is 7.23. The van der Waals surface area contributed by atoms with Gasteiger partial charge in [-0.3, -0.25) is 20.4 Å². The Morgan fingerprint density at radius 1 is 1.00 bits per heavy atom. The minimum Gasteiger partial charge on any atom is -0.444 e. The average Bonchev–Trinajstić information content (AvgIpc) is 2.34. The van der Waals surface area contributed by atoms with E-state index in [0.717, 1.165) is 12.8 Å². The van der Waals surface area contributed by atoms with Crippen molar-refractivity contribution in [2.45, 2.75) is 65.0 Å². The molecule has 7 nitrogen and oxygen atoms in total. The highest BCUT2D eigenvalue weighted by Crippen LogP contribution is 2.24. The van der Waals surface area contributed by atoms with Crippen molar-refractivity contribution in [3.05, 3.63) is 0 Å². The maximum absolute atomic E-state index is 11.8. The first kappa shape index (κ1) is 17.3. The van der Waals surface area contributed by atoms with Crippen LogP contribution < -0.4 is 16.2 Å². The number of amides is 3. The molecule has 0 bridgehead atoms. The quantitative estimate of drug-likeness (QED) is 0.668. The molecule has 0 aliphatic heterocycles. The number of carbonyl (C=O) groups excluding carboxylic acids is 3. The molecular weight excluding hydrogens is 274 g/mol. The number of carbonyl (C=O) groups is 3. The van der Waals surface area contributed by atoms with E-state index in [4.69, 9.17) is 4.74 Å². The fourth-order valence-electron chi connectivity index (χ4n) is 2.23. The predicted molar refractivity (Wildman–Crippen MR) is 77.1 cm³/mol. The van der Waals surface area contributed by atoms with Gasteiger partial charge in [0.2, 0.25) is 11.8 Å². The number of hydrazine groups is 1. The highest BCUT2D eigenvalue weighted by Gasteiger charge is 2.28. The summed E-state index contributed by atoms with van der Waals surface area (Å²) in [5, 5.41) is 2.82. The molecule has 1 saturated carbocycles. The van der Waals surface area contributed by atoms with Crippen molar-refractivity contribution in [1.29, 1.82) is 0 Å². The molecule has 3 N–H and O–H groups in total. The van der Waals surface area contributed by atoms with E-state index in [1.165, 1.54) is 6.92 Å². The van der Waals surface area contributed by atoms with Crippen LogP contribution in [-0.4, -0.2) is 29.6 Å². The summed E-state index contributed by atoms with van der Waals surface area (Å²) >= 11 is 0. The zero-order chi connectivity index (χ0) is 16.0. The van der Waals surface area contributed by atoms with Crippen molar-refractivity contribution in [2.24, 2.45) is 5.92 Å². The second-order valence-corrected chi connectivity index (χ2v) is 6.37. The monoisotopic (exact) mass is 299 g/mol. The molecule has 1 aliphatic rings. The second kappa shape index (κ2) is 7.28. The highest BCUT2D eigenvalue weighted by molar-refractivity contribution is 5.82. The summed E-state index contributed by atoms with van der Waals surface area (Å²) in [4.78, 5) is 34.2. The predicted octanol–water partition coefficient (Wildman–Crippen LogP) is 1.24. The number of nitrogens with one attached hydrogen (secondary N) is 3. The lowest BCUT2D eigenvalue weighted by Crippen LogP contribution is -2.46. The van der Waals surface area contributed by atoms with Gasteiger partial charge in [0.15, 0.2) is 0 Å². The Labute approximate surface area is 125 Å². The Balaban J connectivity index is 2.30. The van der Waals surface area contributed by atoms with Gasteiger partial charge in [-0.2, -0.15) is 0 Å². The van der Waals surface area contributed by atoms with E-state index in [-0.39, 0.29) is 23.8 Å². The van der Waals surface area contributed by atoms with Gasteiger partial charge in [0.05, 0.1) is 0 Å². The molecule has 7 heteroatoms. The van der Waals surface area contributed by atoms with Gasteiger partial charge in [0, 0.05) is 18.9 Å². The fourth-order valence-corrected chi connectivity index (χ4v) is 2.23. The molecule has 0 aromatic heterocycles. The van der Waals surface area contributed by atoms with E-state index in [0.29, 0.717) is 12.8 Å². The third-order valence-electron chi connectivity index (χ3n) is 3.18. The minimum atomic E-state index is -0.514. The molecule has 0 aromatic rings. The van der Waals surface area contributed by atoms with E-state index in [9.17, 15) is 14.4 Å². The first-order valence-corrected chi connectivity index (χ1v) is 7.23. The molecule has 1 aliphatic carbocycles. The normalized spacial score (nSPS) is 22.1. The van der Waals surface area contributed by atoms with Crippen LogP contribution >= 0.6 is 0 Å². The van der Waals surface area contributed by atoms with Gasteiger partial charge in [-0.25, -0.2) is 4.79 Å². The third-order valence-corrected chi connectivity index (χ3v) is 3.18. The van der Waals surface area contributed by atoms with Crippen LogP contribution in [-0.2, 0) is 14.3 Å². The lowest BCUT2D eigenvalue weighted by molar-refractivity contribution is -0.131. The molecule has 0 radical (unpaired) electrons. The Kier molecular flexibility index (Phi) is 5.99. The standard InChI is InChI=1S/C14H25N3O4/c1-9(18)16-17-12(19)10-5-7-11(8-6-10)15-13(20)21-14(2,3)4/h10-11H,5-8H2,1-4H3,(H,15,20)(H,16,18)(H,17,19). The second-order valence-electron chi connectivity index (χ2n) is 6.37. The minimum absolute atomic E-state index is 0.0321. The van der Waals surface area contributed by atoms with E-state index in [1.54, 1.807) is 0 Å². The molecule has 0 saturated heterocycles. The van der Waals surface area contributed by atoms with Crippen molar-refractivity contribution in [3.8, 4) is 0 Å². The van der Waals surface area contributed by atoms with Crippen molar-refractivity contribution in [3.63, 3.8) is 0 Å². The van der Waals surface area contributed by atoms with Crippen molar-refractivity contribution < 1.29 is 19.1 Å². The molecular formula is C14H25N3O4. The zero-order valence-corrected chi connectivity index (χ0v) is 13.1. The molecule has 120 valence electrons. The molecule has 1 rings (SSSR count). The fraction of sp³-hybridized carbons (Fsp3) is 0.786. The third kappa shape index (κ3) is 6.97. The van der Waals surface area contributed by atoms with Crippen LogP contribution in [0.1, 0.15) is 53.4 Å². The summed E-state index contributed by atoms with van der Waals surface area (Å²) < 4.78 is 5.20. The average molecular weight is 299 g/mol. The van der Waals surface area contributed by atoms with Crippen molar-refractivity contribution >= 4 is 17.9 Å². The van der Waals surface area contributed by atoms with Crippen molar-refractivity contribution in [2.75, 3.05) is 0 Å². The van der Waals surface area contributed by atoms with Crippen LogP contribution in [0.3, 0.4) is 0 Å². The Hall–Kier alpha value is -1.79. The van der Waals surface area contributed by atoms with Gasteiger partial charge in [0.1, 0.15) is 5.60 Å². The van der Waals surface area contributed by atoms with Gasteiger partial charge in [0.25, 0.3) is 0 Å². The van der Waals surface area contributed by atoms with Crippen LogP contribution in [0.4, 0.5) is 4.79 Å². The number of rotatable bonds is 2. The number of ether oxygens (including phenoxy) is 1. The number of hydrogen-bond acceptors (Lipinski definition) is 4.